The molecule has 1 N–H and O–H groups in total. The first-order chi connectivity index (χ1) is 10.0. The smallest absolute Gasteiger partial charge is 0.310 e. The van der Waals surface area contributed by atoms with Gasteiger partial charge in [-0.05, 0) is 19.1 Å². The minimum absolute atomic E-state index is 0.155. The van der Waals surface area contributed by atoms with Gasteiger partial charge in [0.25, 0.3) is 0 Å². The van der Waals surface area contributed by atoms with Gasteiger partial charge in [0, 0.05) is 5.69 Å². The van der Waals surface area contributed by atoms with Crippen LogP contribution in [0.4, 0.5) is 5.69 Å². The van der Waals surface area contributed by atoms with E-state index in [1.165, 1.54) is 0 Å². The number of rotatable bonds is 2. The zero-order valence-electron chi connectivity index (χ0n) is 11.5. The second kappa shape index (κ2) is 3.95. The molecule has 5 nitrogen and oxygen atoms in total. The molecule has 4 rings (SSSR count). The number of fused-ring (bicyclic) bond motifs is 1. The molecule has 0 aromatic heterocycles. The third-order valence-corrected chi connectivity index (χ3v) is 4.73. The number of carbonyl (C=O) groups is 2. The van der Waals surface area contributed by atoms with Gasteiger partial charge in [0.1, 0.15) is 11.5 Å². The summed E-state index contributed by atoms with van der Waals surface area (Å²) in [6.45, 7) is 2.37. The van der Waals surface area contributed by atoms with E-state index in [1.54, 1.807) is 11.0 Å². The van der Waals surface area contributed by atoms with Crippen LogP contribution in [-0.4, -0.2) is 35.2 Å². The number of anilines is 1. The van der Waals surface area contributed by atoms with Crippen LogP contribution < -0.4 is 4.90 Å². The molecule has 2 saturated heterocycles. The van der Waals surface area contributed by atoms with Crippen molar-refractivity contribution in [1.29, 1.82) is 0 Å². The number of aryl methyl sites for hydroxylation is 1. The highest BCUT2D eigenvalue weighted by Gasteiger charge is 2.67. The molecule has 1 spiro atoms. The van der Waals surface area contributed by atoms with Gasteiger partial charge in [-0.25, -0.2) is 0 Å². The van der Waals surface area contributed by atoms with E-state index in [0.29, 0.717) is 6.54 Å². The molecule has 5 heteroatoms. The normalized spacial score (nSPS) is 36.3. The fourth-order valence-electron chi connectivity index (χ4n) is 3.72. The van der Waals surface area contributed by atoms with Crippen LogP contribution in [0.25, 0.3) is 0 Å². The largest absolute Gasteiger partial charge is 0.481 e. The molecule has 1 aromatic carbocycles. The first-order valence-corrected chi connectivity index (χ1v) is 7.00. The predicted molar refractivity (Wildman–Crippen MR) is 74.9 cm³/mol. The monoisotopic (exact) mass is 285 g/mol. The summed E-state index contributed by atoms with van der Waals surface area (Å²) < 4.78 is 5.85. The number of hydrogen-bond acceptors (Lipinski definition) is 3. The minimum atomic E-state index is -0.963. The van der Waals surface area contributed by atoms with Gasteiger partial charge >= 0.3 is 5.97 Å². The SMILES string of the molecule is Cc1ccc(N2C[C@]34C=C[C@@H](O3)[C@H](C(=O)O)[C@@H]4C2=O)cc1. The maximum Gasteiger partial charge on any atom is 0.310 e. The Hall–Kier alpha value is -2.14. The van der Waals surface area contributed by atoms with Gasteiger partial charge in [-0.15, -0.1) is 0 Å². The van der Waals surface area contributed by atoms with Crippen LogP contribution in [0.15, 0.2) is 36.4 Å². The van der Waals surface area contributed by atoms with Crippen molar-refractivity contribution in [2.45, 2.75) is 18.6 Å². The van der Waals surface area contributed by atoms with E-state index in [1.807, 2.05) is 37.3 Å². The first-order valence-electron chi connectivity index (χ1n) is 7.00. The number of hydrogen-bond donors (Lipinski definition) is 1. The highest BCUT2D eigenvalue weighted by Crippen LogP contribution is 2.52. The molecule has 3 aliphatic rings. The number of carbonyl (C=O) groups excluding carboxylic acids is 1. The highest BCUT2D eigenvalue weighted by molar-refractivity contribution is 6.02. The highest BCUT2D eigenvalue weighted by atomic mass is 16.5. The molecule has 4 atom stereocenters. The Bertz CT molecular complexity index is 665. The number of carboxylic acids is 1. The summed E-state index contributed by atoms with van der Waals surface area (Å²) >= 11 is 0. The van der Waals surface area contributed by atoms with E-state index in [0.717, 1.165) is 11.3 Å². The van der Waals surface area contributed by atoms with Gasteiger partial charge in [-0.3, -0.25) is 9.59 Å². The predicted octanol–water partition coefficient (Wildman–Crippen LogP) is 1.37. The van der Waals surface area contributed by atoms with E-state index in [2.05, 4.69) is 0 Å². The Kier molecular flexibility index (Phi) is 2.37. The summed E-state index contributed by atoms with van der Waals surface area (Å²) in [7, 11) is 0. The van der Waals surface area contributed by atoms with E-state index in [-0.39, 0.29) is 5.91 Å². The third kappa shape index (κ3) is 1.55. The first kappa shape index (κ1) is 12.6. The summed E-state index contributed by atoms with van der Waals surface area (Å²) in [5.41, 5.74) is 1.14. The maximum absolute atomic E-state index is 12.7. The Morgan fingerprint density at radius 3 is 2.76 bits per heavy atom. The molecule has 3 heterocycles. The number of benzene rings is 1. The molecule has 3 aliphatic heterocycles. The van der Waals surface area contributed by atoms with Crippen LogP contribution in [0.3, 0.4) is 0 Å². The standard InChI is InChI=1S/C16H15NO4/c1-9-2-4-10(5-3-9)17-8-16-7-6-11(21-16)12(15(19)20)13(16)14(17)18/h2-7,11-13H,8H2,1H3,(H,19,20)/t11-,12+,13-,16+/m1/s1. The van der Waals surface area contributed by atoms with Gasteiger partial charge < -0.3 is 14.7 Å². The second-order valence-corrected chi connectivity index (χ2v) is 6.00. The van der Waals surface area contributed by atoms with Crippen molar-refractivity contribution in [2.75, 3.05) is 11.4 Å². The Morgan fingerprint density at radius 1 is 1.38 bits per heavy atom. The molecule has 108 valence electrons. The lowest BCUT2D eigenvalue weighted by atomic mass is 9.77. The molecule has 2 fully saturated rings. The van der Waals surface area contributed by atoms with Crippen molar-refractivity contribution in [3.63, 3.8) is 0 Å². The molecular formula is C16H15NO4. The van der Waals surface area contributed by atoms with E-state index in [9.17, 15) is 14.7 Å². The van der Waals surface area contributed by atoms with Crippen molar-refractivity contribution in [3.05, 3.63) is 42.0 Å². The van der Waals surface area contributed by atoms with Crippen LogP contribution in [0.5, 0.6) is 0 Å². The second-order valence-electron chi connectivity index (χ2n) is 6.00. The molecule has 1 amide bonds. The van der Waals surface area contributed by atoms with Crippen molar-refractivity contribution in [1.82, 2.24) is 0 Å². The van der Waals surface area contributed by atoms with E-state index >= 15 is 0 Å². The third-order valence-electron chi connectivity index (χ3n) is 4.73. The molecule has 0 radical (unpaired) electrons. The van der Waals surface area contributed by atoms with Crippen LogP contribution >= 0.6 is 0 Å². The molecule has 1 aromatic rings. The summed E-state index contributed by atoms with van der Waals surface area (Å²) in [6, 6.07) is 7.65. The average molecular weight is 285 g/mol. The molecule has 0 saturated carbocycles. The number of ether oxygens (including phenoxy) is 1. The molecular weight excluding hydrogens is 270 g/mol. The zero-order valence-corrected chi connectivity index (χ0v) is 11.5. The van der Waals surface area contributed by atoms with E-state index in [4.69, 9.17) is 4.74 Å². The number of aliphatic carboxylic acids is 1. The Labute approximate surface area is 121 Å². The fraction of sp³-hybridized carbons (Fsp3) is 0.375. The minimum Gasteiger partial charge on any atom is -0.481 e. The van der Waals surface area contributed by atoms with Gasteiger partial charge in [0.05, 0.1) is 18.6 Å². The topological polar surface area (TPSA) is 66.8 Å². The quantitative estimate of drug-likeness (QED) is 0.833. The molecule has 21 heavy (non-hydrogen) atoms. The molecule has 0 aliphatic carbocycles. The Morgan fingerprint density at radius 2 is 2.10 bits per heavy atom. The summed E-state index contributed by atoms with van der Waals surface area (Å²) in [5.74, 6) is -2.52. The van der Waals surface area contributed by atoms with Crippen LogP contribution in [-0.2, 0) is 14.3 Å². The Balaban J connectivity index is 1.73. The zero-order chi connectivity index (χ0) is 14.8. The van der Waals surface area contributed by atoms with Crippen molar-refractivity contribution < 1.29 is 19.4 Å². The van der Waals surface area contributed by atoms with Gasteiger partial charge in [0.2, 0.25) is 5.91 Å². The van der Waals surface area contributed by atoms with Crippen LogP contribution in [0.2, 0.25) is 0 Å². The summed E-state index contributed by atoms with van der Waals surface area (Å²) in [6.07, 6.45) is 3.17. The summed E-state index contributed by atoms with van der Waals surface area (Å²) in [5, 5.41) is 9.41. The lowest BCUT2D eigenvalue weighted by molar-refractivity contribution is -0.146. The van der Waals surface area contributed by atoms with Gasteiger partial charge in [-0.1, -0.05) is 29.8 Å². The maximum atomic E-state index is 12.7. The number of amides is 1. The van der Waals surface area contributed by atoms with Crippen molar-refractivity contribution in [2.24, 2.45) is 11.8 Å². The van der Waals surface area contributed by atoms with Crippen molar-refractivity contribution >= 4 is 17.6 Å². The van der Waals surface area contributed by atoms with Crippen LogP contribution in [0.1, 0.15) is 5.56 Å². The van der Waals surface area contributed by atoms with E-state index < -0.39 is 29.5 Å². The molecule has 0 unspecified atom stereocenters. The van der Waals surface area contributed by atoms with Gasteiger partial charge in [-0.2, -0.15) is 0 Å². The number of nitrogens with zero attached hydrogens (tertiary/aromatic N) is 1. The number of carboxylic acid groups (broad SMARTS) is 1. The summed E-state index contributed by atoms with van der Waals surface area (Å²) in [4.78, 5) is 25.8. The average Bonchev–Trinajstić information content (AvgIpc) is 3.08. The lowest BCUT2D eigenvalue weighted by Crippen LogP contribution is -2.39. The lowest BCUT2D eigenvalue weighted by Gasteiger charge is -2.21. The fourth-order valence-corrected chi connectivity index (χ4v) is 3.72. The van der Waals surface area contributed by atoms with Crippen LogP contribution in [0, 0.1) is 18.8 Å². The van der Waals surface area contributed by atoms with Gasteiger partial charge in [0.15, 0.2) is 0 Å². The van der Waals surface area contributed by atoms with Crippen molar-refractivity contribution in [3.8, 4) is 0 Å². The molecule has 2 bridgehead atoms.